The van der Waals surface area contributed by atoms with Crippen molar-refractivity contribution in [3.8, 4) is 0 Å². The summed E-state index contributed by atoms with van der Waals surface area (Å²) >= 11 is 0. The monoisotopic (exact) mass is 319 g/mol. The summed E-state index contributed by atoms with van der Waals surface area (Å²) in [5, 5.41) is 17.6. The van der Waals surface area contributed by atoms with Crippen LogP contribution in [0.5, 0.6) is 0 Å². The fraction of sp³-hybridized carbons (Fsp3) is 0.231. The van der Waals surface area contributed by atoms with Gasteiger partial charge in [0.15, 0.2) is 5.92 Å². The lowest BCUT2D eigenvalue weighted by molar-refractivity contribution is -0.384. The molecule has 0 unspecified atom stereocenters. The number of carbonyl (C=O) groups is 3. The van der Waals surface area contributed by atoms with Crippen LogP contribution in [0.2, 0.25) is 0 Å². The number of barbiturate groups is 1. The third-order valence-corrected chi connectivity index (χ3v) is 2.95. The zero-order valence-corrected chi connectivity index (χ0v) is 11.8. The minimum absolute atomic E-state index is 0.0546. The van der Waals surface area contributed by atoms with Gasteiger partial charge in [-0.3, -0.25) is 35.3 Å². The molecule has 10 heteroatoms. The number of carbonyl (C=O) groups excluding carboxylic acids is 3. The number of nitro groups is 1. The predicted molar refractivity (Wildman–Crippen MR) is 80.1 cm³/mol. The van der Waals surface area contributed by atoms with Crippen LogP contribution in [0.15, 0.2) is 29.3 Å². The van der Waals surface area contributed by atoms with Crippen molar-refractivity contribution in [1.29, 1.82) is 0 Å². The molecule has 120 valence electrons. The lowest BCUT2D eigenvalue weighted by Crippen LogP contribution is -2.56. The number of nitrogens with one attached hydrogen (secondary N) is 3. The van der Waals surface area contributed by atoms with Crippen molar-refractivity contribution < 1.29 is 19.3 Å². The molecule has 4 amide bonds. The molecule has 1 heterocycles. The molecule has 0 spiro atoms. The fourth-order valence-electron chi connectivity index (χ4n) is 1.88. The fourth-order valence-corrected chi connectivity index (χ4v) is 1.88. The second kappa shape index (κ2) is 7.11. The van der Waals surface area contributed by atoms with E-state index in [9.17, 15) is 24.5 Å². The SMILES string of the molecule is O=C1NC(=O)C(C=NCCNc2ccccc2[N+](=O)[O-])C(=O)N1. The number of rotatable bonds is 6. The van der Waals surface area contributed by atoms with Crippen LogP contribution in [0.3, 0.4) is 0 Å². The smallest absolute Gasteiger partial charge is 0.328 e. The van der Waals surface area contributed by atoms with Gasteiger partial charge < -0.3 is 5.32 Å². The number of anilines is 1. The molecular weight excluding hydrogens is 306 g/mol. The summed E-state index contributed by atoms with van der Waals surface area (Å²) in [6.07, 6.45) is 1.14. The van der Waals surface area contributed by atoms with Gasteiger partial charge in [-0.05, 0) is 6.07 Å². The summed E-state index contributed by atoms with van der Waals surface area (Å²) in [5.74, 6) is -2.65. The maximum absolute atomic E-state index is 11.4. The molecule has 0 saturated carbocycles. The van der Waals surface area contributed by atoms with Crippen molar-refractivity contribution in [2.75, 3.05) is 18.4 Å². The Morgan fingerprint density at radius 1 is 1.22 bits per heavy atom. The molecule has 1 aliphatic heterocycles. The van der Waals surface area contributed by atoms with E-state index in [-0.39, 0.29) is 18.8 Å². The number of hydrogen-bond acceptors (Lipinski definition) is 7. The Hall–Kier alpha value is -3.30. The van der Waals surface area contributed by atoms with Crippen LogP contribution in [0.1, 0.15) is 0 Å². The number of nitrogens with zero attached hydrogens (tertiary/aromatic N) is 2. The molecule has 0 radical (unpaired) electrons. The van der Waals surface area contributed by atoms with Crippen molar-refractivity contribution in [3.63, 3.8) is 0 Å². The first-order chi connectivity index (χ1) is 11.0. The Balaban J connectivity index is 1.86. The number of aliphatic imine (C=N–C) groups is 1. The van der Waals surface area contributed by atoms with Crippen LogP contribution in [0.4, 0.5) is 16.2 Å². The van der Waals surface area contributed by atoms with E-state index in [4.69, 9.17) is 0 Å². The minimum Gasteiger partial charge on any atom is -0.378 e. The van der Waals surface area contributed by atoms with E-state index in [1.807, 2.05) is 10.6 Å². The van der Waals surface area contributed by atoms with Crippen LogP contribution in [-0.4, -0.2) is 42.1 Å². The van der Waals surface area contributed by atoms with Crippen LogP contribution >= 0.6 is 0 Å². The molecule has 1 fully saturated rings. The minimum atomic E-state index is -1.17. The highest BCUT2D eigenvalue weighted by Gasteiger charge is 2.32. The van der Waals surface area contributed by atoms with Crippen LogP contribution in [0, 0.1) is 16.0 Å². The molecule has 23 heavy (non-hydrogen) atoms. The van der Waals surface area contributed by atoms with E-state index in [1.54, 1.807) is 18.2 Å². The van der Waals surface area contributed by atoms with Crippen LogP contribution < -0.4 is 16.0 Å². The quantitative estimate of drug-likeness (QED) is 0.222. The number of benzene rings is 1. The maximum atomic E-state index is 11.4. The number of hydrogen-bond donors (Lipinski definition) is 3. The molecule has 2 rings (SSSR count). The standard InChI is InChI=1S/C13H13N5O5/c19-11-8(12(20)17-13(21)16-11)7-14-5-6-15-9-3-1-2-4-10(9)18(22)23/h1-4,7-8,15H,5-6H2,(H2,16,17,19,20,21). The third kappa shape index (κ3) is 4.09. The molecule has 10 nitrogen and oxygen atoms in total. The zero-order valence-electron chi connectivity index (χ0n) is 11.8. The molecule has 1 aliphatic rings. The zero-order chi connectivity index (χ0) is 16.8. The largest absolute Gasteiger partial charge is 0.378 e. The van der Waals surface area contributed by atoms with E-state index in [2.05, 4.69) is 10.3 Å². The van der Waals surface area contributed by atoms with Crippen molar-refractivity contribution in [3.05, 3.63) is 34.4 Å². The van der Waals surface area contributed by atoms with Gasteiger partial charge in [0.1, 0.15) is 5.69 Å². The highest BCUT2D eigenvalue weighted by atomic mass is 16.6. The van der Waals surface area contributed by atoms with Crippen molar-refractivity contribution >= 4 is 35.4 Å². The lowest BCUT2D eigenvalue weighted by Gasteiger charge is -2.17. The van der Waals surface area contributed by atoms with Gasteiger partial charge in [-0.25, -0.2) is 4.79 Å². The van der Waals surface area contributed by atoms with Crippen molar-refractivity contribution in [2.45, 2.75) is 0 Å². The Bertz CT molecular complexity index is 667. The first-order valence-electron chi connectivity index (χ1n) is 6.62. The number of amides is 4. The molecule has 1 aromatic rings. The molecule has 1 saturated heterocycles. The summed E-state index contributed by atoms with van der Waals surface area (Å²) in [4.78, 5) is 48.0. The van der Waals surface area contributed by atoms with Gasteiger partial charge in [0, 0.05) is 18.8 Å². The van der Waals surface area contributed by atoms with E-state index in [0.717, 1.165) is 6.21 Å². The molecule has 0 aromatic heterocycles. The lowest BCUT2D eigenvalue weighted by atomic mass is 10.1. The predicted octanol–water partition coefficient (Wildman–Crippen LogP) is 0.0597. The topological polar surface area (TPSA) is 143 Å². The van der Waals surface area contributed by atoms with Crippen LogP contribution in [0.25, 0.3) is 0 Å². The Kier molecular flexibility index (Phi) is 4.97. The van der Waals surface area contributed by atoms with E-state index in [0.29, 0.717) is 5.69 Å². The second-order valence-corrected chi connectivity index (χ2v) is 4.54. The average molecular weight is 319 g/mol. The molecule has 0 atom stereocenters. The Morgan fingerprint density at radius 3 is 2.52 bits per heavy atom. The average Bonchev–Trinajstić information content (AvgIpc) is 2.49. The number of imide groups is 2. The van der Waals surface area contributed by atoms with Gasteiger partial charge in [0.2, 0.25) is 11.8 Å². The first-order valence-corrected chi connectivity index (χ1v) is 6.62. The highest BCUT2D eigenvalue weighted by molar-refractivity contribution is 6.23. The van der Waals surface area contributed by atoms with Gasteiger partial charge in [-0.15, -0.1) is 0 Å². The number of nitro benzene ring substituents is 1. The van der Waals surface area contributed by atoms with Crippen LogP contribution in [-0.2, 0) is 9.59 Å². The van der Waals surface area contributed by atoms with Crippen molar-refractivity contribution in [1.82, 2.24) is 10.6 Å². The summed E-state index contributed by atoms with van der Waals surface area (Å²) in [6, 6.07) is 5.30. The Labute approximate surface area is 130 Å². The molecule has 0 aliphatic carbocycles. The third-order valence-electron chi connectivity index (χ3n) is 2.95. The van der Waals surface area contributed by atoms with Gasteiger partial charge in [-0.1, -0.05) is 12.1 Å². The maximum Gasteiger partial charge on any atom is 0.328 e. The number of para-hydroxylation sites is 2. The molecular formula is C13H13N5O5. The molecule has 3 N–H and O–H groups in total. The number of urea groups is 1. The summed E-state index contributed by atoms with van der Waals surface area (Å²) in [5.41, 5.74) is 0.299. The van der Waals surface area contributed by atoms with E-state index < -0.39 is 28.7 Å². The molecule has 0 bridgehead atoms. The van der Waals surface area contributed by atoms with Gasteiger partial charge >= 0.3 is 6.03 Å². The highest BCUT2D eigenvalue weighted by Crippen LogP contribution is 2.22. The molecule has 1 aromatic carbocycles. The van der Waals surface area contributed by atoms with Gasteiger partial charge in [-0.2, -0.15) is 0 Å². The Morgan fingerprint density at radius 2 is 1.87 bits per heavy atom. The van der Waals surface area contributed by atoms with Crippen molar-refractivity contribution in [2.24, 2.45) is 10.9 Å². The van der Waals surface area contributed by atoms with Gasteiger partial charge in [0.25, 0.3) is 5.69 Å². The summed E-state index contributed by atoms with van der Waals surface area (Å²) < 4.78 is 0. The summed E-state index contributed by atoms with van der Waals surface area (Å²) in [7, 11) is 0. The van der Waals surface area contributed by atoms with Gasteiger partial charge in [0.05, 0.1) is 11.5 Å². The first kappa shape index (κ1) is 16.1. The normalized spacial score (nSPS) is 15.4. The summed E-state index contributed by atoms with van der Waals surface area (Å²) in [6.45, 7) is 0.466. The van der Waals surface area contributed by atoms with E-state index in [1.165, 1.54) is 6.07 Å². The second-order valence-electron chi connectivity index (χ2n) is 4.54. The van der Waals surface area contributed by atoms with E-state index >= 15 is 0 Å².